The van der Waals surface area contributed by atoms with E-state index in [1.54, 1.807) is 6.20 Å². The Labute approximate surface area is 142 Å². The first-order valence-electron chi connectivity index (χ1n) is 8.37. The van der Waals surface area contributed by atoms with E-state index >= 15 is 0 Å². The second-order valence-electron chi connectivity index (χ2n) is 6.53. The number of aryl methyl sites for hydroxylation is 2. The summed E-state index contributed by atoms with van der Waals surface area (Å²) in [6, 6.07) is 1.89. The first-order valence-corrected chi connectivity index (χ1v) is 8.37. The molecule has 3 heterocycles. The second-order valence-corrected chi connectivity index (χ2v) is 6.53. The van der Waals surface area contributed by atoms with Crippen molar-refractivity contribution in [2.45, 2.75) is 45.9 Å². The molecule has 3 atom stereocenters. The van der Waals surface area contributed by atoms with Crippen molar-refractivity contribution in [3.8, 4) is 0 Å². The molecule has 7 heteroatoms. The zero-order valence-corrected chi connectivity index (χ0v) is 14.7. The number of hydrogen-bond acceptors (Lipinski definition) is 4. The van der Waals surface area contributed by atoms with Crippen LogP contribution < -0.4 is 5.32 Å². The summed E-state index contributed by atoms with van der Waals surface area (Å²) in [6.07, 6.45) is 4.16. The van der Waals surface area contributed by atoms with E-state index in [2.05, 4.69) is 15.5 Å². The van der Waals surface area contributed by atoms with Gasteiger partial charge in [0.05, 0.1) is 24.3 Å². The average Bonchev–Trinajstić information content (AvgIpc) is 3.22. The van der Waals surface area contributed by atoms with Crippen molar-refractivity contribution in [1.29, 1.82) is 0 Å². The number of ether oxygens (including phenoxy) is 1. The van der Waals surface area contributed by atoms with Gasteiger partial charge in [-0.15, -0.1) is 0 Å². The van der Waals surface area contributed by atoms with Crippen molar-refractivity contribution in [1.82, 2.24) is 24.9 Å². The molecule has 0 saturated carbocycles. The summed E-state index contributed by atoms with van der Waals surface area (Å²) in [7, 11) is 1.92. The Morgan fingerprint density at radius 1 is 1.50 bits per heavy atom. The highest BCUT2D eigenvalue weighted by molar-refractivity contribution is 5.80. The summed E-state index contributed by atoms with van der Waals surface area (Å²) in [6.45, 7) is 7.24. The number of hydrogen-bond donors (Lipinski definition) is 1. The molecule has 1 amide bonds. The van der Waals surface area contributed by atoms with Gasteiger partial charge in [0.25, 0.3) is 0 Å². The fraction of sp³-hybridized carbons (Fsp3) is 0.588. The molecule has 1 N–H and O–H groups in total. The minimum Gasteiger partial charge on any atom is -0.373 e. The maximum absolute atomic E-state index is 12.7. The Hall–Kier alpha value is -2.15. The maximum Gasteiger partial charge on any atom is 0.226 e. The molecule has 2 aromatic heterocycles. The Kier molecular flexibility index (Phi) is 4.71. The summed E-state index contributed by atoms with van der Waals surface area (Å²) in [4.78, 5) is 12.7. The third-order valence-corrected chi connectivity index (χ3v) is 4.69. The van der Waals surface area contributed by atoms with Crippen LogP contribution in [0, 0.1) is 19.8 Å². The van der Waals surface area contributed by atoms with Crippen molar-refractivity contribution in [2.24, 2.45) is 13.0 Å². The lowest BCUT2D eigenvalue weighted by atomic mass is 9.93. The Morgan fingerprint density at radius 3 is 2.92 bits per heavy atom. The van der Waals surface area contributed by atoms with Crippen molar-refractivity contribution < 1.29 is 9.53 Å². The van der Waals surface area contributed by atoms with Crippen LogP contribution >= 0.6 is 0 Å². The van der Waals surface area contributed by atoms with E-state index in [1.807, 2.05) is 49.4 Å². The summed E-state index contributed by atoms with van der Waals surface area (Å²) in [5.41, 5.74) is 3.04. The number of carbonyl (C=O) groups excluding carboxylic acids is 1. The van der Waals surface area contributed by atoms with E-state index in [-0.39, 0.29) is 24.0 Å². The third-order valence-electron chi connectivity index (χ3n) is 4.69. The van der Waals surface area contributed by atoms with Crippen molar-refractivity contribution >= 4 is 5.91 Å². The molecule has 0 radical (unpaired) electrons. The molecular weight excluding hydrogens is 306 g/mol. The third kappa shape index (κ3) is 3.21. The molecule has 0 bridgehead atoms. The van der Waals surface area contributed by atoms with E-state index in [1.165, 1.54) is 0 Å². The molecule has 7 nitrogen and oxygen atoms in total. The average molecular weight is 331 g/mol. The first-order chi connectivity index (χ1) is 11.5. The highest BCUT2D eigenvalue weighted by atomic mass is 16.5. The molecule has 24 heavy (non-hydrogen) atoms. The lowest BCUT2D eigenvalue weighted by Crippen LogP contribution is -2.40. The monoisotopic (exact) mass is 331 g/mol. The van der Waals surface area contributed by atoms with Crippen LogP contribution in [0.15, 0.2) is 18.5 Å². The number of nitrogens with zero attached hydrogens (tertiary/aromatic N) is 4. The molecule has 1 saturated heterocycles. The maximum atomic E-state index is 12.7. The minimum atomic E-state index is -0.212. The van der Waals surface area contributed by atoms with Crippen LogP contribution in [-0.2, 0) is 23.1 Å². The molecular formula is C17H25N5O2. The lowest BCUT2D eigenvalue weighted by Gasteiger charge is -2.21. The van der Waals surface area contributed by atoms with Gasteiger partial charge in [-0.25, -0.2) is 0 Å². The fourth-order valence-corrected chi connectivity index (χ4v) is 3.43. The minimum absolute atomic E-state index is 0.00902. The number of carbonyl (C=O) groups is 1. The van der Waals surface area contributed by atoms with Crippen molar-refractivity contribution in [2.75, 3.05) is 6.61 Å². The zero-order valence-electron chi connectivity index (χ0n) is 14.7. The molecule has 2 aromatic rings. The molecule has 1 fully saturated rings. The SMILES string of the molecule is Cc1nn(C)c(C)c1[C@H]1OCC[C@@H]1C(=O)NC(C)Cn1cccn1. The Bertz CT molecular complexity index is 707. The Morgan fingerprint density at radius 2 is 2.29 bits per heavy atom. The van der Waals surface area contributed by atoms with E-state index in [4.69, 9.17) is 4.74 Å². The molecule has 0 aromatic carbocycles. The predicted molar refractivity (Wildman–Crippen MR) is 89.3 cm³/mol. The van der Waals surface area contributed by atoms with Crippen LogP contribution in [0.2, 0.25) is 0 Å². The van der Waals surface area contributed by atoms with Crippen LogP contribution in [0.3, 0.4) is 0 Å². The van der Waals surface area contributed by atoms with Gasteiger partial charge in [-0.2, -0.15) is 10.2 Å². The number of nitrogens with one attached hydrogen (secondary N) is 1. The molecule has 3 rings (SSSR count). The number of aromatic nitrogens is 4. The van der Waals surface area contributed by atoms with Crippen LogP contribution in [0.5, 0.6) is 0 Å². The molecule has 1 aliphatic heterocycles. The fourth-order valence-electron chi connectivity index (χ4n) is 3.43. The summed E-state index contributed by atoms with van der Waals surface area (Å²) in [5, 5.41) is 11.7. The highest BCUT2D eigenvalue weighted by Gasteiger charge is 2.38. The normalized spacial score (nSPS) is 21.8. The Balaban J connectivity index is 1.69. The van der Waals surface area contributed by atoms with E-state index < -0.39 is 0 Å². The molecule has 130 valence electrons. The van der Waals surface area contributed by atoms with Gasteiger partial charge >= 0.3 is 0 Å². The van der Waals surface area contributed by atoms with Crippen molar-refractivity contribution in [3.63, 3.8) is 0 Å². The van der Waals surface area contributed by atoms with Crippen LogP contribution in [-0.4, -0.2) is 38.1 Å². The second kappa shape index (κ2) is 6.76. The van der Waals surface area contributed by atoms with Gasteiger partial charge in [0.2, 0.25) is 5.91 Å². The number of amides is 1. The summed E-state index contributed by atoms with van der Waals surface area (Å²) < 4.78 is 9.57. The molecule has 1 unspecified atom stereocenters. The summed E-state index contributed by atoms with van der Waals surface area (Å²) in [5.74, 6) is -0.133. The van der Waals surface area contributed by atoms with E-state index in [0.29, 0.717) is 13.2 Å². The standard InChI is InChI=1S/C17H25N5O2/c1-11(10-22-8-5-7-18-22)19-17(23)14-6-9-24-16(14)15-12(2)20-21(4)13(15)3/h5,7-8,11,14,16H,6,9-10H2,1-4H3,(H,19,23)/t11?,14-,16-/m0/s1. The predicted octanol–water partition coefficient (Wildman–Crippen LogP) is 1.52. The molecule has 0 aliphatic carbocycles. The van der Waals surface area contributed by atoms with Gasteiger partial charge in [-0.1, -0.05) is 0 Å². The topological polar surface area (TPSA) is 74.0 Å². The highest BCUT2D eigenvalue weighted by Crippen LogP contribution is 2.37. The van der Waals surface area contributed by atoms with Crippen LogP contribution in [0.25, 0.3) is 0 Å². The quantitative estimate of drug-likeness (QED) is 0.901. The zero-order chi connectivity index (χ0) is 17.3. The smallest absolute Gasteiger partial charge is 0.226 e. The molecule has 1 aliphatic rings. The van der Waals surface area contributed by atoms with Crippen molar-refractivity contribution in [3.05, 3.63) is 35.4 Å². The van der Waals surface area contributed by atoms with Gasteiger partial charge in [0.15, 0.2) is 0 Å². The van der Waals surface area contributed by atoms with Gasteiger partial charge in [-0.3, -0.25) is 14.2 Å². The lowest BCUT2D eigenvalue weighted by molar-refractivity contribution is -0.127. The molecule has 0 spiro atoms. The van der Waals surface area contributed by atoms with Crippen LogP contribution in [0.1, 0.15) is 36.4 Å². The number of rotatable bonds is 5. The van der Waals surface area contributed by atoms with Gasteiger partial charge in [0, 0.05) is 43.3 Å². The van der Waals surface area contributed by atoms with Gasteiger partial charge in [0.1, 0.15) is 0 Å². The van der Waals surface area contributed by atoms with E-state index in [9.17, 15) is 4.79 Å². The van der Waals surface area contributed by atoms with Gasteiger partial charge in [-0.05, 0) is 33.3 Å². The van der Waals surface area contributed by atoms with Gasteiger partial charge < -0.3 is 10.1 Å². The van der Waals surface area contributed by atoms with E-state index in [0.717, 1.165) is 23.4 Å². The van der Waals surface area contributed by atoms with Crippen LogP contribution in [0.4, 0.5) is 0 Å². The first kappa shape index (κ1) is 16.7. The summed E-state index contributed by atoms with van der Waals surface area (Å²) >= 11 is 0. The largest absolute Gasteiger partial charge is 0.373 e.